The molecule has 3 aromatic carbocycles. The minimum atomic E-state index is -4.91. The van der Waals surface area contributed by atoms with Crippen LogP contribution in [0.15, 0.2) is 72.8 Å². The molecule has 0 amide bonds. The molecular weight excluding hydrogens is 535 g/mol. The Balaban J connectivity index is 2.06. The van der Waals surface area contributed by atoms with Gasteiger partial charge in [-0.3, -0.25) is 0 Å². The normalized spacial score (nSPS) is 12.6. The summed E-state index contributed by atoms with van der Waals surface area (Å²) >= 11 is 0. The maximum absolute atomic E-state index is 15.7. The van der Waals surface area contributed by atoms with Gasteiger partial charge in [-0.2, -0.15) is 39.5 Å². The molecule has 198 valence electrons. The van der Waals surface area contributed by atoms with E-state index in [1.807, 2.05) is 0 Å². The first-order valence-corrected chi connectivity index (χ1v) is 10.5. The maximum Gasteiger partial charge on any atom is 0.416 e. The molecule has 38 heavy (non-hydrogen) atoms. The van der Waals surface area contributed by atoms with Gasteiger partial charge in [0.1, 0.15) is 11.4 Å². The van der Waals surface area contributed by atoms with Crippen molar-refractivity contribution in [1.29, 1.82) is 0 Å². The Hall–Kier alpha value is -3.96. The average Bonchev–Trinajstić information content (AvgIpc) is 2.83. The van der Waals surface area contributed by atoms with Gasteiger partial charge in [-0.15, -0.1) is 0 Å². The summed E-state index contributed by atoms with van der Waals surface area (Å²) in [7, 11) is 0. The van der Waals surface area contributed by atoms with Gasteiger partial charge in [-0.05, 0) is 42.0 Å². The largest absolute Gasteiger partial charge is 0.416 e. The molecule has 0 aliphatic heterocycles. The number of pyridine rings is 1. The highest BCUT2D eigenvalue weighted by molar-refractivity contribution is 5.79. The van der Waals surface area contributed by atoms with E-state index in [1.54, 1.807) is 0 Å². The summed E-state index contributed by atoms with van der Waals surface area (Å²) in [5.74, 6) is -3.20. The zero-order valence-electron chi connectivity index (χ0n) is 18.5. The lowest BCUT2D eigenvalue weighted by atomic mass is 9.96. The van der Waals surface area contributed by atoms with Crippen LogP contribution in [0.4, 0.5) is 48.3 Å². The van der Waals surface area contributed by atoms with Crippen LogP contribution in [0.3, 0.4) is 0 Å². The van der Waals surface area contributed by atoms with Crippen LogP contribution in [0.25, 0.3) is 33.6 Å². The molecule has 0 fully saturated rings. The second-order valence-electron chi connectivity index (χ2n) is 8.05. The maximum atomic E-state index is 15.7. The Labute approximate surface area is 207 Å². The van der Waals surface area contributed by atoms with Gasteiger partial charge in [0.05, 0.1) is 22.3 Å². The topological polar surface area (TPSA) is 12.9 Å². The Morgan fingerprint density at radius 1 is 0.447 bits per heavy atom. The first kappa shape index (κ1) is 27.1. The van der Waals surface area contributed by atoms with E-state index < -0.39 is 80.5 Å². The molecule has 4 rings (SSSR count). The Bertz CT molecular complexity index is 1420. The molecule has 0 saturated carbocycles. The lowest BCUT2D eigenvalue weighted by Crippen LogP contribution is -2.08. The fourth-order valence-electron chi connectivity index (χ4n) is 3.72. The van der Waals surface area contributed by atoms with Crippen molar-refractivity contribution in [2.24, 2.45) is 0 Å². The van der Waals surface area contributed by atoms with Crippen LogP contribution in [0.1, 0.15) is 16.7 Å². The third kappa shape index (κ3) is 5.34. The third-order valence-electron chi connectivity index (χ3n) is 5.48. The fraction of sp³-hybridized carbons (Fsp3) is 0.115. The number of hydrogen-bond donors (Lipinski definition) is 0. The van der Waals surface area contributed by atoms with Crippen LogP contribution >= 0.6 is 0 Å². The van der Waals surface area contributed by atoms with Crippen molar-refractivity contribution < 1.29 is 48.3 Å². The van der Waals surface area contributed by atoms with E-state index in [2.05, 4.69) is 4.98 Å². The monoisotopic (exact) mass is 547 g/mol. The lowest BCUT2D eigenvalue weighted by molar-refractivity contribution is -0.138. The van der Waals surface area contributed by atoms with E-state index in [-0.39, 0.29) is 0 Å². The van der Waals surface area contributed by atoms with E-state index in [0.717, 1.165) is 36.4 Å². The molecule has 0 spiro atoms. The molecule has 1 aromatic heterocycles. The van der Waals surface area contributed by atoms with Crippen LogP contribution in [-0.4, -0.2) is 4.98 Å². The summed E-state index contributed by atoms with van der Waals surface area (Å²) in [4.78, 5) is 3.71. The summed E-state index contributed by atoms with van der Waals surface area (Å²) in [6, 6.07) is 8.87. The van der Waals surface area contributed by atoms with Gasteiger partial charge >= 0.3 is 18.5 Å². The molecule has 0 aliphatic rings. The second kappa shape index (κ2) is 9.41. The molecule has 0 aliphatic carbocycles. The number of hydrogen-bond acceptors (Lipinski definition) is 1. The van der Waals surface area contributed by atoms with Crippen molar-refractivity contribution in [3.63, 3.8) is 0 Å². The van der Waals surface area contributed by atoms with Crippen molar-refractivity contribution in [1.82, 2.24) is 4.98 Å². The highest BCUT2D eigenvalue weighted by Crippen LogP contribution is 2.41. The summed E-state index contributed by atoms with van der Waals surface area (Å²) in [5.41, 5.74) is -8.38. The van der Waals surface area contributed by atoms with E-state index in [4.69, 9.17) is 0 Å². The number of alkyl halides is 9. The van der Waals surface area contributed by atoms with Crippen molar-refractivity contribution in [3.05, 3.63) is 101 Å². The Kier molecular flexibility index (Phi) is 6.71. The van der Waals surface area contributed by atoms with Gasteiger partial charge in [0.2, 0.25) is 0 Å². The third-order valence-corrected chi connectivity index (χ3v) is 5.48. The van der Waals surface area contributed by atoms with Crippen molar-refractivity contribution in [2.45, 2.75) is 18.5 Å². The predicted molar refractivity (Wildman–Crippen MR) is 115 cm³/mol. The molecule has 1 heterocycles. The molecule has 0 radical (unpaired) electrons. The molecule has 0 atom stereocenters. The van der Waals surface area contributed by atoms with Crippen LogP contribution in [0.5, 0.6) is 0 Å². The lowest BCUT2D eigenvalue weighted by Gasteiger charge is -2.16. The van der Waals surface area contributed by atoms with E-state index in [1.165, 1.54) is 0 Å². The first-order chi connectivity index (χ1) is 17.6. The average molecular weight is 547 g/mol. The van der Waals surface area contributed by atoms with Crippen molar-refractivity contribution in [3.8, 4) is 33.6 Å². The number of halogens is 11. The van der Waals surface area contributed by atoms with Crippen LogP contribution < -0.4 is 0 Å². The van der Waals surface area contributed by atoms with Crippen molar-refractivity contribution in [2.75, 3.05) is 0 Å². The van der Waals surface area contributed by atoms with E-state index in [9.17, 15) is 39.5 Å². The highest BCUT2D eigenvalue weighted by atomic mass is 19.4. The summed E-state index contributed by atoms with van der Waals surface area (Å²) < 4.78 is 151. The SMILES string of the molecule is Fc1c(-c2cccc(C(F)(F)F)c2)nc(-c2cccc(C(F)(F)F)c2)c(F)c1-c1cccc(C(F)(F)F)c1. The van der Waals surface area contributed by atoms with Crippen LogP contribution in [-0.2, 0) is 18.5 Å². The smallest absolute Gasteiger partial charge is 0.242 e. The summed E-state index contributed by atoms with van der Waals surface area (Å²) in [5, 5.41) is 0. The Morgan fingerprint density at radius 3 is 1.11 bits per heavy atom. The first-order valence-electron chi connectivity index (χ1n) is 10.5. The number of benzene rings is 3. The number of rotatable bonds is 3. The van der Waals surface area contributed by atoms with E-state index >= 15 is 8.78 Å². The van der Waals surface area contributed by atoms with E-state index in [0.29, 0.717) is 36.4 Å². The Morgan fingerprint density at radius 2 is 0.763 bits per heavy atom. The minimum absolute atomic E-state index is 0.410. The number of nitrogens with zero attached hydrogens (tertiary/aromatic N) is 1. The van der Waals surface area contributed by atoms with Gasteiger partial charge in [0.15, 0.2) is 11.6 Å². The van der Waals surface area contributed by atoms with Gasteiger partial charge in [-0.1, -0.05) is 36.4 Å². The molecule has 0 bridgehead atoms. The molecule has 1 nitrogen and oxygen atoms in total. The molecule has 0 saturated heterocycles. The van der Waals surface area contributed by atoms with Gasteiger partial charge in [-0.25, -0.2) is 13.8 Å². The highest BCUT2D eigenvalue weighted by Gasteiger charge is 2.34. The van der Waals surface area contributed by atoms with Crippen molar-refractivity contribution >= 4 is 0 Å². The zero-order chi connectivity index (χ0) is 28.0. The minimum Gasteiger partial charge on any atom is -0.242 e. The number of aromatic nitrogens is 1. The van der Waals surface area contributed by atoms with Crippen LogP contribution in [0, 0.1) is 11.6 Å². The molecule has 0 N–H and O–H groups in total. The molecule has 0 unspecified atom stereocenters. The fourth-order valence-corrected chi connectivity index (χ4v) is 3.72. The predicted octanol–water partition coefficient (Wildman–Crippen LogP) is 9.42. The van der Waals surface area contributed by atoms with Gasteiger partial charge in [0.25, 0.3) is 0 Å². The molecule has 4 aromatic rings. The second-order valence-corrected chi connectivity index (χ2v) is 8.05. The van der Waals surface area contributed by atoms with Gasteiger partial charge < -0.3 is 0 Å². The summed E-state index contributed by atoms with van der Waals surface area (Å²) in [6.45, 7) is 0. The molecular formula is C26H12F11N. The standard InChI is InChI=1S/C26H12F11N/c27-20-19(13-4-1-7-16(10-13)24(29,30)31)21(28)23(15-6-3-9-18(12-15)26(35,36)37)38-22(20)14-5-2-8-17(11-14)25(32,33)34/h1-12H. The zero-order valence-corrected chi connectivity index (χ0v) is 18.5. The quantitative estimate of drug-likeness (QED) is 0.233. The van der Waals surface area contributed by atoms with Crippen LogP contribution in [0.2, 0.25) is 0 Å². The summed E-state index contributed by atoms with van der Waals surface area (Å²) in [6.07, 6.45) is -14.7. The molecule has 12 heteroatoms. The van der Waals surface area contributed by atoms with Gasteiger partial charge in [0, 0.05) is 11.1 Å².